The van der Waals surface area contributed by atoms with Crippen molar-refractivity contribution in [2.24, 2.45) is 5.73 Å². The Morgan fingerprint density at radius 3 is 2.81 bits per heavy atom. The Kier molecular flexibility index (Phi) is 3.70. The summed E-state index contributed by atoms with van der Waals surface area (Å²) in [7, 11) is 0. The lowest BCUT2D eigenvalue weighted by Gasteiger charge is -2.08. The van der Waals surface area contributed by atoms with Crippen LogP contribution in [0.25, 0.3) is 11.3 Å². The minimum absolute atomic E-state index is 0.269. The zero-order chi connectivity index (χ0) is 14.7. The maximum Gasteiger partial charge on any atom is 0.123 e. The van der Waals surface area contributed by atoms with E-state index in [0.29, 0.717) is 12.2 Å². The normalized spacial score (nSPS) is 10.8. The molecular weight excluding hydrogens is 269 g/mol. The number of benzene rings is 1. The van der Waals surface area contributed by atoms with Crippen LogP contribution in [0.4, 0.5) is 4.39 Å². The van der Waals surface area contributed by atoms with Gasteiger partial charge in [0.2, 0.25) is 0 Å². The van der Waals surface area contributed by atoms with E-state index >= 15 is 0 Å². The highest BCUT2D eigenvalue weighted by molar-refractivity contribution is 5.60. The standard InChI is InChI=1S/C15H14FN5/c16-13-5-1-3-11(7-13)10-21-15(14(8-17)19-20-21)12-4-2-6-18-9-12/h1-7,9H,8,10,17H2. The minimum Gasteiger partial charge on any atom is -0.325 e. The molecule has 0 aliphatic carbocycles. The topological polar surface area (TPSA) is 69.6 Å². The highest BCUT2D eigenvalue weighted by Gasteiger charge is 2.14. The van der Waals surface area contributed by atoms with Gasteiger partial charge in [0.25, 0.3) is 0 Å². The van der Waals surface area contributed by atoms with Gasteiger partial charge in [-0.3, -0.25) is 4.98 Å². The van der Waals surface area contributed by atoms with E-state index in [1.807, 2.05) is 18.2 Å². The number of halogens is 1. The quantitative estimate of drug-likeness (QED) is 0.795. The third kappa shape index (κ3) is 2.80. The Hall–Kier alpha value is -2.60. The first-order valence-corrected chi connectivity index (χ1v) is 6.55. The van der Waals surface area contributed by atoms with Crippen LogP contribution in [0, 0.1) is 5.82 Å². The highest BCUT2D eigenvalue weighted by Crippen LogP contribution is 2.22. The largest absolute Gasteiger partial charge is 0.325 e. The fraction of sp³-hybridized carbons (Fsp3) is 0.133. The second kappa shape index (κ2) is 5.80. The van der Waals surface area contributed by atoms with Gasteiger partial charge in [-0.2, -0.15) is 0 Å². The smallest absolute Gasteiger partial charge is 0.123 e. The van der Waals surface area contributed by atoms with E-state index in [0.717, 1.165) is 16.8 Å². The van der Waals surface area contributed by atoms with Crippen molar-refractivity contribution in [2.45, 2.75) is 13.1 Å². The number of hydrogen-bond acceptors (Lipinski definition) is 4. The maximum atomic E-state index is 13.3. The number of rotatable bonds is 4. The Morgan fingerprint density at radius 1 is 1.19 bits per heavy atom. The van der Waals surface area contributed by atoms with Gasteiger partial charge < -0.3 is 5.73 Å². The summed E-state index contributed by atoms with van der Waals surface area (Å²) in [4.78, 5) is 4.11. The summed E-state index contributed by atoms with van der Waals surface area (Å²) < 4.78 is 15.0. The van der Waals surface area contributed by atoms with Gasteiger partial charge in [-0.1, -0.05) is 17.3 Å². The van der Waals surface area contributed by atoms with Crippen LogP contribution in [-0.2, 0) is 13.1 Å². The highest BCUT2D eigenvalue weighted by atomic mass is 19.1. The zero-order valence-corrected chi connectivity index (χ0v) is 11.3. The number of nitrogens with two attached hydrogens (primary N) is 1. The summed E-state index contributed by atoms with van der Waals surface area (Å²) in [6.07, 6.45) is 3.44. The SMILES string of the molecule is NCc1nnn(Cc2cccc(F)c2)c1-c1cccnc1. The predicted molar refractivity (Wildman–Crippen MR) is 76.6 cm³/mol. The van der Waals surface area contributed by atoms with Crippen molar-refractivity contribution in [3.05, 3.63) is 65.9 Å². The number of hydrogen-bond donors (Lipinski definition) is 1. The van der Waals surface area contributed by atoms with Gasteiger partial charge in [0.05, 0.1) is 12.2 Å². The molecule has 2 aromatic heterocycles. The second-order valence-electron chi connectivity index (χ2n) is 4.62. The number of pyridine rings is 1. The monoisotopic (exact) mass is 283 g/mol. The molecule has 0 saturated heterocycles. The number of aromatic nitrogens is 4. The average molecular weight is 283 g/mol. The lowest BCUT2D eigenvalue weighted by Crippen LogP contribution is -2.06. The van der Waals surface area contributed by atoms with E-state index in [1.54, 1.807) is 23.1 Å². The molecule has 3 rings (SSSR count). The summed E-state index contributed by atoms with van der Waals surface area (Å²) in [5.41, 5.74) is 8.93. The molecule has 0 saturated carbocycles. The van der Waals surface area contributed by atoms with Crippen LogP contribution < -0.4 is 5.73 Å². The molecule has 6 heteroatoms. The Labute approximate surface area is 121 Å². The molecule has 2 N–H and O–H groups in total. The molecule has 106 valence electrons. The van der Waals surface area contributed by atoms with Crippen molar-refractivity contribution in [1.82, 2.24) is 20.0 Å². The predicted octanol–water partition coefficient (Wildman–Crippen LogP) is 1.99. The molecule has 0 aliphatic heterocycles. The van der Waals surface area contributed by atoms with Crippen LogP contribution in [0.2, 0.25) is 0 Å². The molecule has 3 aromatic rings. The van der Waals surface area contributed by atoms with Crippen LogP contribution in [0.5, 0.6) is 0 Å². The third-order valence-corrected chi connectivity index (χ3v) is 3.15. The average Bonchev–Trinajstić information content (AvgIpc) is 2.91. The van der Waals surface area contributed by atoms with E-state index < -0.39 is 0 Å². The number of nitrogens with zero attached hydrogens (tertiary/aromatic N) is 4. The van der Waals surface area contributed by atoms with Crippen molar-refractivity contribution < 1.29 is 4.39 Å². The van der Waals surface area contributed by atoms with Gasteiger partial charge in [-0.15, -0.1) is 5.10 Å². The molecule has 2 heterocycles. The van der Waals surface area contributed by atoms with Crippen LogP contribution in [0.15, 0.2) is 48.8 Å². The fourth-order valence-corrected chi connectivity index (χ4v) is 2.22. The molecule has 0 radical (unpaired) electrons. The molecule has 21 heavy (non-hydrogen) atoms. The lowest BCUT2D eigenvalue weighted by molar-refractivity contribution is 0.615. The van der Waals surface area contributed by atoms with Crippen LogP contribution >= 0.6 is 0 Å². The van der Waals surface area contributed by atoms with Crippen molar-refractivity contribution >= 4 is 0 Å². The third-order valence-electron chi connectivity index (χ3n) is 3.15. The zero-order valence-electron chi connectivity index (χ0n) is 11.3. The molecule has 0 amide bonds. The van der Waals surface area contributed by atoms with E-state index in [-0.39, 0.29) is 12.4 Å². The molecular formula is C15H14FN5. The first kappa shape index (κ1) is 13.4. The van der Waals surface area contributed by atoms with Crippen molar-refractivity contribution in [1.29, 1.82) is 0 Å². The van der Waals surface area contributed by atoms with Crippen LogP contribution in [0.3, 0.4) is 0 Å². The fourth-order valence-electron chi connectivity index (χ4n) is 2.22. The van der Waals surface area contributed by atoms with Crippen LogP contribution in [-0.4, -0.2) is 20.0 Å². The molecule has 0 fully saturated rings. The molecule has 0 spiro atoms. The molecule has 5 nitrogen and oxygen atoms in total. The van der Waals surface area contributed by atoms with Crippen molar-refractivity contribution in [2.75, 3.05) is 0 Å². The van der Waals surface area contributed by atoms with E-state index in [2.05, 4.69) is 15.3 Å². The molecule has 0 aliphatic rings. The van der Waals surface area contributed by atoms with Gasteiger partial charge in [0, 0.05) is 24.5 Å². The summed E-state index contributed by atoms with van der Waals surface area (Å²) in [6.45, 7) is 0.711. The van der Waals surface area contributed by atoms with Gasteiger partial charge >= 0.3 is 0 Å². The summed E-state index contributed by atoms with van der Waals surface area (Å²) >= 11 is 0. The lowest BCUT2D eigenvalue weighted by atomic mass is 10.1. The minimum atomic E-state index is -0.269. The van der Waals surface area contributed by atoms with Gasteiger partial charge in [0.15, 0.2) is 0 Å². The maximum absolute atomic E-state index is 13.3. The van der Waals surface area contributed by atoms with Crippen molar-refractivity contribution in [3.8, 4) is 11.3 Å². The molecule has 1 aromatic carbocycles. The molecule has 0 unspecified atom stereocenters. The van der Waals surface area contributed by atoms with E-state index in [1.165, 1.54) is 12.1 Å². The van der Waals surface area contributed by atoms with E-state index in [4.69, 9.17) is 5.73 Å². The Morgan fingerprint density at radius 2 is 2.10 bits per heavy atom. The van der Waals surface area contributed by atoms with Gasteiger partial charge in [-0.25, -0.2) is 9.07 Å². The summed E-state index contributed by atoms with van der Waals surface area (Å²) in [5.74, 6) is -0.269. The van der Waals surface area contributed by atoms with Crippen LogP contribution in [0.1, 0.15) is 11.3 Å². The second-order valence-corrected chi connectivity index (χ2v) is 4.62. The summed E-state index contributed by atoms with van der Waals surface area (Å²) in [5, 5.41) is 8.22. The van der Waals surface area contributed by atoms with Gasteiger partial charge in [-0.05, 0) is 29.8 Å². The molecule has 0 atom stereocenters. The summed E-state index contributed by atoms with van der Waals surface area (Å²) in [6, 6.07) is 10.2. The van der Waals surface area contributed by atoms with Crippen molar-refractivity contribution in [3.63, 3.8) is 0 Å². The van der Waals surface area contributed by atoms with Gasteiger partial charge in [0.1, 0.15) is 11.5 Å². The first-order chi connectivity index (χ1) is 10.3. The Bertz CT molecular complexity index is 739. The van der Waals surface area contributed by atoms with E-state index in [9.17, 15) is 4.39 Å². The first-order valence-electron chi connectivity index (χ1n) is 6.55. The molecule has 0 bridgehead atoms. The Balaban J connectivity index is 2.02.